The highest BCUT2D eigenvalue weighted by Gasteiger charge is 2.10. The first kappa shape index (κ1) is 14.8. The van der Waals surface area contributed by atoms with Crippen LogP contribution in [0.2, 0.25) is 0 Å². The quantitative estimate of drug-likeness (QED) is 0.830. The molecule has 1 aromatic heterocycles. The maximum atomic E-state index is 6.23. The van der Waals surface area contributed by atoms with Gasteiger partial charge in [0.15, 0.2) is 0 Å². The number of nitrogens with two attached hydrogens (primary N) is 1. The van der Waals surface area contributed by atoms with Gasteiger partial charge in [-0.2, -0.15) is 5.10 Å². The molecule has 0 amide bonds. The fraction of sp³-hybridized carbons (Fsp3) is 0.471. The van der Waals surface area contributed by atoms with Crippen LogP contribution in [0.3, 0.4) is 0 Å². The second-order valence-electron chi connectivity index (χ2n) is 5.31. The van der Waals surface area contributed by atoms with Gasteiger partial charge >= 0.3 is 0 Å². The third-order valence-corrected chi connectivity index (χ3v) is 3.92. The van der Waals surface area contributed by atoms with Crippen LogP contribution < -0.4 is 5.73 Å². The molecule has 0 saturated carbocycles. The molecule has 1 unspecified atom stereocenters. The normalized spacial score (nSPS) is 12.8. The fourth-order valence-electron chi connectivity index (χ4n) is 2.55. The van der Waals surface area contributed by atoms with E-state index >= 15 is 0 Å². The zero-order valence-corrected chi connectivity index (χ0v) is 12.5. The second kappa shape index (κ2) is 7.25. The monoisotopic (exact) mass is 271 g/mol. The van der Waals surface area contributed by atoms with E-state index in [-0.39, 0.29) is 6.04 Å². The molecule has 108 valence electrons. The van der Waals surface area contributed by atoms with Gasteiger partial charge in [-0.3, -0.25) is 4.68 Å². The van der Waals surface area contributed by atoms with Crippen molar-refractivity contribution in [1.29, 1.82) is 0 Å². The van der Waals surface area contributed by atoms with Crippen LogP contribution in [-0.4, -0.2) is 9.78 Å². The minimum Gasteiger partial charge on any atom is -0.324 e. The van der Waals surface area contributed by atoms with Gasteiger partial charge in [-0.15, -0.1) is 0 Å². The lowest BCUT2D eigenvalue weighted by Gasteiger charge is -2.13. The molecule has 0 saturated heterocycles. The first-order valence-corrected chi connectivity index (χ1v) is 7.59. The van der Waals surface area contributed by atoms with Crippen LogP contribution in [0.5, 0.6) is 0 Å². The average molecular weight is 271 g/mol. The molecular formula is C17H25N3. The van der Waals surface area contributed by atoms with Crippen molar-refractivity contribution in [2.24, 2.45) is 5.73 Å². The molecule has 0 aliphatic rings. The maximum Gasteiger partial charge on any atom is 0.0625 e. The smallest absolute Gasteiger partial charge is 0.0625 e. The van der Waals surface area contributed by atoms with Gasteiger partial charge in [-0.1, -0.05) is 44.2 Å². The maximum absolute atomic E-state index is 6.23. The Bertz CT molecular complexity index is 500. The van der Waals surface area contributed by atoms with Crippen molar-refractivity contribution in [3.63, 3.8) is 0 Å². The lowest BCUT2D eigenvalue weighted by atomic mass is 10.0. The number of aromatic nitrogens is 2. The third kappa shape index (κ3) is 3.70. The Morgan fingerprint density at radius 3 is 2.45 bits per heavy atom. The summed E-state index contributed by atoms with van der Waals surface area (Å²) in [4.78, 5) is 0. The molecule has 3 heteroatoms. The Hall–Kier alpha value is -1.61. The number of benzene rings is 1. The molecule has 2 rings (SSSR count). The summed E-state index contributed by atoms with van der Waals surface area (Å²) in [6.07, 6.45) is 6.22. The van der Waals surface area contributed by atoms with Gasteiger partial charge in [0.25, 0.3) is 0 Å². The predicted octanol–water partition coefficient (Wildman–Crippen LogP) is 3.88. The Balaban J connectivity index is 1.91. The minimum atomic E-state index is 0.0921. The van der Waals surface area contributed by atoms with E-state index in [4.69, 9.17) is 5.73 Å². The van der Waals surface area contributed by atoms with Crippen LogP contribution in [0.15, 0.2) is 42.6 Å². The molecule has 1 heterocycles. The van der Waals surface area contributed by atoms with Crippen LogP contribution in [0.4, 0.5) is 0 Å². The average Bonchev–Trinajstić information content (AvgIpc) is 2.96. The SMILES string of the molecule is CCC(CC)n1ccc(CCC(N)c2ccccc2)n1. The summed E-state index contributed by atoms with van der Waals surface area (Å²) in [7, 11) is 0. The highest BCUT2D eigenvalue weighted by Crippen LogP contribution is 2.18. The lowest BCUT2D eigenvalue weighted by molar-refractivity contribution is 0.424. The molecule has 0 aliphatic carbocycles. The van der Waals surface area contributed by atoms with Gasteiger partial charge in [0.1, 0.15) is 0 Å². The van der Waals surface area contributed by atoms with Crippen molar-refractivity contribution in [3.8, 4) is 0 Å². The van der Waals surface area contributed by atoms with Crippen LogP contribution in [0.25, 0.3) is 0 Å². The van der Waals surface area contributed by atoms with Crippen molar-refractivity contribution in [1.82, 2.24) is 9.78 Å². The number of rotatable bonds is 7. The molecular weight excluding hydrogens is 246 g/mol. The highest BCUT2D eigenvalue weighted by atomic mass is 15.3. The molecule has 1 atom stereocenters. The molecule has 2 N–H and O–H groups in total. The molecule has 0 spiro atoms. The van der Waals surface area contributed by atoms with E-state index in [1.54, 1.807) is 0 Å². The molecule has 2 aromatic rings. The van der Waals surface area contributed by atoms with E-state index in [2.05, 4.69) is 48.0 Å². The summed E-state index contributed by atoms with van der Waals surface area (Å²) >= 11 is 0. The van der Waals surface area contributed by atoms with Crippen LogP contribution in [-0.2, 0) is 6.42 Å². The second-order valence-corrected chi connectivity index (χ2v) is 5.31. The van der Waals surface area contributed by atoms with Crippen molar-refractivity contribution >= 4 is 0 Å². The zero-order valence-electron chi connectivity index (χ0n) is 12.5. The van der Waals surface area contributed by atoms with E-state index in [1.165, 1.54) is 5.56 Å². The van der Waals surface area contributed by atoms with E-state index in [1.807, 2.05) is 18.2 Å². The van der Waals surface area contributed by atoms with Crippen LogP contribution in [0.1, 0.15) is 56.5 Å². The van der Waals surface area contributed by atoms with Gasteiger partial charge in [0.05, 0.1) is 11.7 Å². The Morgan fingerprint density at radius 2 is 1.80 bits per heavy atom. The molecule has 0 radical (unpaired) electrons. The lowest BCUT2D eigenvalue weighted by Crippen LogP contribution is -2.12. The minimum absolute atomic E-state index is 0.0921. The number of aryl methyl sites for hydroxylation is 1. The molecule has 20 heavy (non-hydrogen) atoms. The Morgan fingerprint density at radius 1 is 1.10 bits per heavy atom. The molecule has 3 nitrogen and oxygen atoms in total. The van der Waals surface area contributed by atoms with Gasteiger partial charge in [0, 0.05) is 12.2 Å². The standard InChI is InChI=1S/C17H25N3/c1-3-16(4-2)20-13-12-15(19-20)10-11-17(18)14-8-6-5-7-9-14/h5-9,12-13,16-17H,3-4,10-11,18H2,1-2H3. The molecule has 1 aromatic carbocycles. The molecule has 0 aliphatic heterocycles. The fourth-order valence-corrected chi connectivity index (χ4v) is 2.55. The van der Waals surface area contributed by atoms with Crippen LogP contribution >= 0.6 is 0 Å². The Kier molecular flexibility index (Phi) is 5.36. The summed E-state index contributed by atoms with van der Waals surface area (Å²) in [5.74, 6) is 0. The number of hydrogen-bond donors (Lipinski definition) is 1. The van der Waals surface area contributed by atoms with Gasteiger partial charge in [-0.25, -0.2) is 0 Å². The summed E-state index contributed by atoms with van der Waals surface area (Å²) < 4.78 is 2.10. The summed E-state index contributed by atoms with van der Waals surface area (Å²) in [5.41, 5.74) is 8.57. The predicted molar refractivity (Wildman–Crippen MR) is 83.5 cm³/mol. The van der Waals surface area contributed by atoms with E-state index in [9.17, 15) is 0 Å². The van der Waals surface area contributed by atoms with Gasteiger partial charge in [-0.05, 0) is 37.3 Å². The zero-order chi connectivity index (χ0) is 14.4. The van der Waals surface area contributed by atoms with Crippen molar-refractivity contribution in [2.75, 3.05) is 0 Å². The summed E-state index contributed by atoms with van der Waals surface area (Å²) in [6.45, 7) is 4.42. The number of hydrogen-bond acceptors (Lipinski definition) is 2. The van der Waals surface area contributed by atoms with Crippen LogP contribution in [0, 0.1) is 0 Å². The molecule has 0 fully saturated rings. The first-order valence-electron chi connectivity index (χ1n) is 7.59. The van der Waals surface area contributed by atoms with E-state index < -0.39 is 0 Å². The number of nitrogens with zero attached hydrogens (tertiary/aromatic N) is 2. The molecule has 0 bridgehead atoms. The summed E-state index contributed by atoms with van der Waals surface area (Å²) in [5, 5.41) is 4.68. The van der Waals surface area contributed by atoms with E-state index in [0.29, 0.717) is 6.04 Å². The topological polar surface area (TPSA) is 43.8 Å². The Labute approximate surface area is 121 Å². The largest absolute Gasteiger partial charge is 0.324 e. The van der Waals surface area contributed by atoms with Crippen molar-refractivity contribution in [3.05, 3.63) is 53.9 Å². The van der Waals surface area contributed by atoms with Crippen molar-refractivity contribution < 1.29 is 0 Å². The third-order valence-electron chi connectivity index (χ3n) is 3.92. The van der Waals surface area contributed by atoms with Gasteiger partial charge < -0.3 is 5.73 Å². The van der Waals surface area contributed by atoms with Crippen molar-refractivity contribution in [2.45, 2.75) is 51.6 Å². The highest BCUT2D eigenvalue weighted by molar-refractivity contribution is 5.18. The summed E-state index contributed by atoms with van der Waals surface area (Å²) in [6, 6.07) is 13.0. The van der Waals surface area contributed by atoms with E-state index in [0.717, 1.165) is 31.4 Å². The van der Waals surface area contributed by atoms with Gasteiger partial charge in [0.2, 0.25) is 0 Å². The first-order chi connectivity index (χ1) is 9.74.